The van der Waals surface area contributed by atoms with Gasteiger partial charge in [-0.25, -0.2) is 22.2 Å². The molecule has 55 heavy (non-hydrogen) atoms. The lowest BCUT2D eigenvalue weighted by molar-refractivity contribution is -0.121. The third kappa shape index (κ3) is 9.26. The molecule has 292 valence electrons. The van der Waals surface area contributed by atoms with Crippen LogP contribution in [0.15, 0.2) is 58.7 Å². The monoisotopic (exact) mass is 782 g/mol. The Hall–Kier alpha value is -5.47. The van der Waals surface area contributed by atoms with Gasteiger partial charge in [-0.1, -0.05) is 25.0 Å². The first-order chi connectivity index (χ1) is 25.6. The lowest BCUT2D eigenvalue weighted by Gasteiger charge is -2.24. The summed E-state index contributed by atoms with van der Waals surface area (Å²) in [7, 11) is -0.746. The van der Waals surface area contributed by atoms with Crippen LogP contribution in [0, 0.1) is 36.3 Å². The van der Waals surface area contributed by atoms with Gasteiger partial charge >= 0.3 is 0 Å². The van der Waals surface area contributed by atoms with E-state index in [1.165, 1.54) is 32.5 Å². The van der Waals surface area contributed by atoms with Crippen LogP contribution < -0.4 is 21.1 Å². The number of nitrogens with zero attached hydrogens (tertiary/aromatic N) is 4. The number of rotatable bonds is 11. The van der Waals surface area contributed by atoms with E-state index in [0.29, 0.717) is 33.7 Å². The molecule has 6 N–H and O–H groups in total. The number of amides is 1. The summed E-state index contributed by atoms with van der Waals surface area (Å²) in [6.45, 7) is 5.45. The van der Waals surface area contributed by atoms with Crippen molar-refractivity contribution in [3.8, 4) is 23.0 Å². The van der Waals surface area contributed by atoms with Gasteiger partial charge in [-0.15, -0.1) is 0 Å². The predicted molar refractivity (Wildman–Crippen MR) is 203 cm³/mol. The number of benzene rings is 2. The number of pyridine rings is 1. The summed E-state index contributed by atoms with van der Waals surface area (Å²) in [5.41, 5.74) is 6.62. The predicted octanol–water partition coefficient (Wildman–Crippen LogP) is 4.62. The summed E-state index contributed by atoms with van der Waals surface area (Å²) >= 11 is 0. The van der Waals surface area contributed by atoms with Crippen LogP contribution in [0.5, 0.6) is 0 Å². The molecule has 1 aliphatic rings. The lowest BCUT2D eigenvalue weighted by Crippen LogP contribution is -2.41. The summed E-state index contributed by atoms with van der Waals surface area (Å²) in [6, 6.07) is 8.47. The van der Waals surface area contributed by atoms with Crippen molar-refractivity contribution in [1.29, 1.82) is 0 Å². The molecule has 2 aromatic carbocycles. The molecule has 0 radical (unpaired) electrons. The Kier molecular flexibility index (Phi) is 11.4. The van der Waals surface area contributed by atoms with Crippen LogP contribution in [-0.4, -0.2) is 71.4 Å². The zero-order chi connectivity index (χ0) is 40.6. The smallest absolute Gasteiger partial charge is 0.290 e. The number of nitrogens with one attached hydrogen (secondary N) is 3. The highest BCUT2D eigenvalue weighted by Crippen LogP contribution is 2.43. The Balaban J connectivity index is 1.68. The van der Waals surface area contributed by atoms with E-state index in [0.717, 1.165) is 18.4 Å². The summed E-state index contributed by atoms with van der Waals surface area (Å²) in [5, 5.41) is 20.6. The number of sulfonamides is 1. The number of alkyl halides is 2. The minimum Gasteiger partial charge on any atom is -0.384 e. The highest BCUT2D eigenvalue weighted by Gasteiger charge is 2.49. The highest BCUT2D eigenvalue weighted by molar-refractivity contribution is 7.92. The van der Waals surface area contributed by atoms with Gasteiger partial charge in [0.15, 0.2) is 5.82 Å². The van der Waals surface area contributed by atoms with Crippen LogP contribution in [0.25, 0.3) is 22.0 Å². The van der Waals surface area contributed by atoms with Crippen molar-refractivity contribution in [2.45, 2.75) is 58.1 Å². The van der Waals surface area contributed by atoms with Crippen molar-refractivity contribution in [1.82, 2.24) is 25.4 Å². The average molecular weight is 783 g/mol. The minimum atomic E-state index is -3.73. The number of fused-ring (bicyclic) bond motifs is 1. The Labute approximate surface area is 316 Å². The number of hydrogen-bond acceptors (Lipinski definition) is 8. The van der Waals surface area contributed by atoms with E-state index >= 15 is 8.78 Å². The second kappa shape index (κ2) is 15.3. The van der Waals surface area contributed by atoms with Gasteiger partial charge in [0.25, 0.3) is 5.92 Å². The standard InChI is InChI=1S/C38H42F4N8O4S/c1-20-8-10-27(33-31(20)36(48-50(33)6)49-55(7,53)54)26-11-9-25(12-13-37(3,4)52)46-32(26)29(17-22-15-23(39)18-24(40)16-22)47-30(51)19-45-34-28(35(43)44-5)14-21(2)38(34,41)42/h8-11,15-16,18,21,29,45,52H,14,17,19H2,1-7H3,(H2,43,44)(H,47,51)(H,48,49). The molecule has 17 heteroatoms. The molecule has 0 bridgehead atoms. The SMILES string of the molecule is CN=C(N)C1=C(NCC(=O)NC(Cc2cc(F)cc(F)c2)c2nc(C#CC(C)(C)O)ccc2-c2ccc(C)c3c(NS(C)(=O)=O)nn(C)c23)C(F)(F)C(C)C1. The molecule has 0 aliphatic heterocycles. The second-order valence-electron chi connectivity index (χ2n) is 14.1. The molecule has 2 atom stereocenters. The average Bonchev–Trinajstić information content (AvgIpc) is 3.51. The first kappa shape index (κ1) is 40.7. The molecule has 5 rings (SSSR count). The number of carbonyl (C=O) groups excluding carboxylic acids is 1. The second-order valence-corrected chi connectivity index (χ2v) is 15.8. The van der Waals surface area contributed by atoms with Gasteiger partial charge in [-0.3, -0.25) is 19.2 Å². The maximum Gasteiger partial charge on any atom is 0.290 e. The maximum absolute atomic E-state index is 15.3. The van der Waals surface area contributed by atoms with Gasteiger partial charge in [0.2, 0.25) is 15.9 Å². The Bertz CT molecular complexity index is 2390. The Morgan fingerprint density at radius 1 is 1.16 bits per heavy atom. The largest absolute Gasteiger partial charge is 0.384 e. The number of hydrogen-bond donors (Lipinski definition) is 5. The van der Waals surface area contributed by atoms with Gasteiger partial charge in [-0.05, 0) is 74.9 Å². The van der Waals surface area contributed by atoms with Gasteiger partial charge in [-0.2, -0.15) is 13.9 Å². The first-order valence-electron chi connectivity index (χ1n) is 17.1. The van der Waals surface area contributed by atoms with E-state index in [2.05, 4.69) is 37.3 Å². The molecule has 2 heterocycles. The van der Waals surface area contributed by atoms with Gasteiger partial charge in [0.1, 0.15) is 28.8 Å². The molecule has 2 aromatic heterocycles. The van der Waals surface area contributed by atoms with Crippen LogP contribution in [0.3, 0.4) is 0 Å². The van der Waals surface area contributed by atoms with E-state index < -0.39 is 63.3 Å². The number of aromatic nitrogens is 3. The summed E-state index contributed by atoms with van der Waals surface area (Å²) in [6.07, 6.45) is 0.707. The number of anilines is 1. The molecule has 0 saturated carbocycles. The van der Waals surface area contributed by atoms with Crippen molar-refractivity contribution < 1.29 is 35.9 Å². The zero-order valence-electron chi connectivity index (χ0n) is 31.3. The van der Waals surface area contributed by atoms with Crippen molar-refractivity contribution in [3.63, 3.8) is 0 Å². The molecule has 2 unspecified atom stereocenters. The first-order valence-corrected chi connectivity index (χ1v) is 19.0. The Morgan fingerprint density at radius 3 is 2.44 bits per heavy atom. The summed E-state index contributed by atoms with van der Waals surface area (Å²) in [5.74, 6) is -1.47. The Morgan fingerprint density at radius 2 is 1.82 bits per heavy atom. The third-order valence-electron chi connectivity index (χ3n) is 8.96. The van der Waals surface area contributed by atoms with E-state index in [4.69, 9.17) is 10.7 Å². The fourth-order valence-electron chi connectivity index (χ4n) is 6.47. The van der Waals surface area contributed by atoms with Crippen LogP contribution >= 0.6 is 0 Å². The molecule has 1 aliphatic carbocycles. The lowest BCUT2D eigenvalue weighted by atomic mass is 9.93. The van der Waals surface area contributed by atoms with Crippen molar-refractivity contribution in [2.24, 2.45) is 23.7 Å². The number of aliphatic hydroxyl groups is 1. The molecule has 0 saturated heterocycles. The minimum absolute atomic E-state index is 0.0694. The number of amidine groups is 1. The fraction of sp³-hybridized carbons (Fsp3) is 0.368. The molecule has 0 spiro atoms. The fourth-order valence-corrected chi connectivity index (χ4v) is 6.96. The normalized spacial score (nSPS) is 16.5. The number of aryl methyl sites for hydroxylation is 2. The van der Waals surface area contributed by atoms with E-state index in [1.807, 2.05) is 0 Å². The third-order valence-corrected chi connectivity index (χ3v) is 9.52. The molecule has 0 fully saturated rings. The maximum atomic E-state index is 15.3. The molecule has 1 amide bonds. The highest BCUT2D eigenvalue weighted by atomic mass is 32.2. The number of aliphatic imine (C=N–C) groups is 1. The summed E-state index contributed by atoms with van der Waals surface area (Å²) < 4.78 is 88.1. The topological polar surface area (TPSA) is 177 Å². The van der Waals surface area contributed by atoms with E-state index in [-0.39, 0.29) is 47.0 Å². The molecule has 12 nitrogen and oxygen atoms in total. The molecular weight excluding hydrogens is 741 g/mol. The van der Waals surface area contributed by atoms with Gasteiger partial charge < -0.3 is 21.5 Å². The van der Waals surface area contributed by atoms with E-state index in [9.17, 15) is 27.1 Å². The van der Waals surface area contributed by atoms with Crippen molar-refractivity contribution in [3.05, 3.63) is 87.9 Å². The molecule has 4 aromatic rings. The number of carbonyl (C=O) groups is 1. The quantitative estimate of drug-likeness (QED) is 0.0634. The van der Waals surface area contributed by atoms with Crippen LogP contribution in [0.1, 0.15) is 55.7 Å². The van der Waals surface area contributed by atoms with Crippen LogP contribution in [0.4, 0.5) is 23.4 Å². The van der Waals surface area contributed by atoms with Crippen LogP contribution in [0.2, 0.25) is 0 Å². The van der Waals surface area contributed by atoms with E-state index in [1.54, 1.807) is 38.2 Å². The zero-order valence-corrected chi connectivity index (χ0v) is 32.1. The van der Waals surface area contributed by atoms with Crippen molar-refractivity contribution in [2.75, 3.05) is 24.6 Å². The van der Waals surface area contributed by atoms with Gasteiger partial charge in [0.05, 0.1) is 35.8 Å². The number of halogens is 4. The van der Waals surface area contributed by atoms with Crippen LogP contribution in [-0.2, 0) is 28.3 Å². The number of nitrogens with two attached hydrogens (primary N) is 1. The summed E-state index contributed by atoms with van der Waals surface area (Å²) in [4.78, 5) is 22.4. The number of allylic oxidation sites excluding steroid dienone is 1. The van der Waals surface area contributed by atoms with Crippen molar-refractivity contribution >= 4 is 38.5 Å². The molecular formula is C38H42F4N8O4S. The van der Waals surface area contributed by atoms with Gasteiger partial charge in [0, 0.05) is 48.2 Å².